The predicted octanol–water partition coefficient (Wildman–Crippen LogP) is 10.2. The van der Waals surface area contributed by atoms with E-state index in [-0.39, 0.29) is 42.1 Å². The Balaban J connectivity index is 1.46. The molecule has 10 heteroatoms. The van der Waals surface area contributed by atoms with E-state index in [0.29, 0.717) is 12.8 Å². The highest BCUT2D eigenvalue weighted by atomic mass is 32.2. The first kappa shape index (κ1) is 35.0. The van der Waals surface area contributed by atoms with Crippen LogP contribution in [0.5, 0.6) is 11.5 Å². The summed E-state index contributed by atoms with van der Waals surface area (Å²) in [5, 5.41) is 29.4. The largest absolute Gasteiger partial charge is 0.508 e. The van der Waals surface area contributed by atoms with Gasteiger partial charge in [-0.05, 0) is 73.4 Å². The number of carboxylic acid groups (broad SMARTS) is 1. The lowest BCUT2D eigenvalue weighted by atomic mass is 9.65. The van der Waals surface area contributed by atoms with Gasteiger partial charge in [-0.3, -0.25) is 4.79 Å². The Bertz CT molecular complexity index is 1170. The zero-order valence-corrected chi connectivity index (χ0v) is 25.5. The van der Waals surface area contributed by atoms with Gasteiger partial charge in [0.2, 0.25) is 0 Å². The predicted molar refractivity (Wildman–Crippen MR) is 159 cm³/mol. The first-order chi connectivity index (χ1) is 20.3. The Hall–Kier alpha value is -2.49. The molecule has 2 aromatic carbocycles. The molecule has 1 heterocycles. The minimum absolute atomic E-state index is 0.0223. The van der Waals surface area contributed by atoms with E-state index < -0.39 is 30.4 Å². The van der Waals surface area contributed by atoms with E-state index in [0.717, 1.165) is 55.6 Å². The Kier molecular flexibility index (Phi) is 12.6. The van der Waals surface area contributed by atoms with E-state index in [9.17, 15) is 42.1 Å². The molecule has 4 nitrogen and oxygen atoms in total. The van der Waals surface area contributed by atoms with Crippen LogP contribution in [0, 0.1) is 5.92 Å². The number of phenolic OH excluding ortho intramolecular Hbond substituents is 2. The smallest absolute Gasteiger partial charge is 0.453 e. The number of phenols is 2. The maximum absolute atomic E-state index is 13.1. The van der Waals surface area contributed by atoms with Crippen molar-refractivity contribution < 1.29 is 42.1 Å². The zero-order chi connectivity index (χ0) is 31.7. The minimum atomic E-state index is -5.57. The normalized spacial score (nSPS) is 19.6. The van der Waals surface area contributed by atoms with Crippen LogP contribution < -0.4 is 0 Å². The third kappa shape index (κ3) is 9.25. The van der Waals surface area contributed by atoms with Gasteiger partial charge in [0.1, 0.15) is 11.5 Å². The van der Waals surface area contributed by atoms with Crippen molar-refractivity contribution in [2.24, 2.45) is 5.92 Å². The van der Waals surface area contributed by atoms with E-state index in [1.54, 1.807) is 30.0 Å². The molecule has 0 radical (unpaired) electrons. The van der Waals surface area contributed by atoms with Crippen LogP contribution in [0.25, 0.3) is 0 Å². The van der Waals surface area contributed by atoms with Crippen LogP contribution in [0.3, 0.4) is 0 Å². The molecular formula is C33H43F5O4S. The number of benzene rings is 2. The lowest BCUT2D eigenvalue weighted by Crippen LogP contribution is -2.38. The van der Waals surface area contributed by atoms with Crippen molar-refractivity contribution in [1.29, 1.82) is 0 Å². The van der Waals surface area contributed by atoms with Crippen molar-refractivity contribution in [3.05, 3.63) is 53.6 Å². The first-order valence-electron chi connectivity index (χ1n) is 15.2. The molecule has 3 N–H and O–H groups in total. The number of thioether (sulfide) groups is 1. The molecule has 2 aromatic rings. The molecule has 0 aliphatic carbocycles. The number of rotatable bonds is 17. The second-order valence-electron chi connectivity index (χ2n) is 11.8. The molecule has 3 atom stereocenters. The van der Waals surface area contributed by atoms with Crippen LogP contribution in [-0.2, 0) is 10.2 Å². The minimum Gasteiger partial charge on any atom is -0.508 e. The zero-order valence-electron chi connectivity index (χ0n) is 24.6. The van der Waals surface area contributed by atoms with Crippen molar-refractivity contribution >= 4 is 17.7 Å². The SMILES string of the molecule is CCC1(c2ccc(O)cc2)CSc2cc(O)ccc2C1CCCCCCCCC(CCCCC(F)(F)C(F)(F)F)C(=O)O. The molecule has 3 unspecified atom stereocenters. The third-order valence-electron chi connectivity index (χ3n) is 8.95. The summed E-state index contributed by atoms with van der Waals surface area (Å²) in [4.78, 5) is 12.7. The van der Waals surface area contributed by atoms with Gasteiger partial charge in [0.25, 0.3) is 0 Å². The van der Waals surface area contributed by atoms with E-state index in [1.165, 1.54) is 11.1 Å². The number of carbonyl (C=O) groups is 1. The summed E-state index contributed by atoms with van der Waals surface area (Å²) in [7, 11) is 0. The summed E-state index contributed by atoms with van der Waals surface area (Å²) in [6, 6.07) is 13.1. The van der Waals surface area contributed by atoms with Crippen molar-refractivity contribution in [2.45, 2.75) is 119 Å². The van der Waals surface area contributed by atoms with Crippen molar-refractivity contribution in [3.63, 3.8) is 0 Å². The standard InChI is InChI=1S/C33H43F5O4S/c1-2-31(24-14-16-25(39)17-15-24)22-43-29-21-26(40)18-19-27(29)28(31)13-8-6-4-3-5-7-11-23(30(41)42)12-9-10-20-32(34,35)33(36,37)38/h14-19,21,23,28,39-40H,2-13,20,22H2,1H3,(H,41,42). The summed E-state index contributed by atoms with van der Waals surface area (Å²) in [5.41, 5.74) is 2.34. The number of aromatic hydroxyl groups is 2. The summed E-state index contributed by atoms with van der Waals surface area (Å²) in [5.74, 6) is -4.87. The number of alkyl halides is 5. The van der Waals surface area contributed by atoms with Gasteiger partial charge in [-0.2, -0.15) is 22.0 Å². The van der Waals surface area contributed by atoms with Gasteiger partial charge in [-0.1, -0.05) is 70.1 Å². The molecule has 0 amide bonds. The van der Waals surface area contributed by atoms with Crippen LogP contribution in [0.4, 0.5) is 22.0 Å². The number of aliphatic carboxylic acids is 1. The average molecular weight is 631 g/mol. The lowest BCUT2D eigenvalue weighted by molar-refractivity contribution is -0.284. The molecule has 43 heavy (non-hydrogen) atoms. The second kappa shape index (κ2) is 15.5. The summed E-state index contributed by atoms with van der Waals surface area (Å²) in [6.07, 6.45) is 0.629. The van der Waals surface area contributed by atoms with Crippen LogP contribution in [-0.4, -0.2) is 39.1 Å². The molecular weight excluding hydrogens is 587 g/mol. The van der Waals surface area contributed by atoms with Crippen LogP contribution in [0.2, 0.25) is 0 Å². The topological polar surface area (TPSA) is 77.8 Å². The van der Waals surface area contributed by atoms with Gasteiger partial charge in [0.05, 0.1) is 5.92 Å². The Morgan fingerprint density at radius 1 is 0.884 bits per heavy atom. The fraction of sp³-hybridized carbons (Fsp3) is 0.606. The van der Waals surface area contributed by atoms with E-state index in [4.69, 9.17) is 0 Å². The molecule has 0 aromatic heterocycles. The molecule has 1 aliphatic heterocycles. The number of hydrogen-bond acceptors (Lipinski definition) is 4. The highest BCUT2D eigenvalue weighted by Gasteiger charge is 2.56. The summed E-state index contributed by atoms with van der Waals surface area (Å²) >= 11 is 1.76. The molecule has 3 rings (SSSR count). The van der Waals surface area contributed by atoms with E-state index in [1.807, 2.05) is 24.3 Å². The van der Waals surface area contributed by atoms with Crippen LogP contribution in [0.1, 0.15) is 107 Å². The highest BCUT2D eigenvalue weighted by molar-refractivity contribution is 7.99. The fourth-order valence-corrected chi connectivity index (χ4v) is 7.89. The van der Waals surface area contributed by atoms with Crippen molar-refractivity contribution in [3.8, 4) is 11.5 Å². The fourth-order valence-electron chi connectivity index (χ4n) is 6.32. The first-order valence-corrected chi connectivity index (χ1v) is 16.2. The summed E-state index contributed by atoms with van der Waals surface area (Å²) in [6.45, 7) is 2.20. The van der Waals surface area contributed by atoms with Gasteiger partial charge >= 0.3 is 18.1 Å². The average Bonchev–Trinajstić information content (AvgIpc) is 2.95. The van der Waals surface area contributed by atoms with E-state index in [2.05, 4.69) is 6.92 Å². The molecule has 0 bridgehead atoms. The molecule has 0 saturated heterocycles. The van der Waals surface area contributed by atoms with Crippen LogP contribution >= 0.6 is 11.8 Å². The molecule has 1 aliphatic rings. The van der Waals surface area contributed by atoms with Gasteiger partial charge in [0.15, 0.2) is 0 Å². The van der Waals surface area contributed by atoms with Crippen molar-refractivity contribution in [1.82, 2.24) is 0 Å². The maximum atomic E-state index is 13.1. The van der Waals surface area contributed by atoms with Gasteiger partial charge < -0.3 is 15.3 Å². The third-order valence-corrected chi connectivity index (χ3v) is 10.3. The molecule has 0 fully saturated rings. The number of fused-ring (bicyclic) bond motifs is 1. The summed E-state index contributed by atoms with van der Waals surface area (Å²) < 4.78 is 63.0. The monoisotopic (exact) mass is 630 g/mol. The van der Waals surface area contributed by atoms with Gasteiger partial charge in [0, 0.05) is 22.5 Å². The Morgan fingerprint density at radius 2 is 1.47 bits per heavy atom. The number of halogens is 5. The number of carboxylic acids is 1. The van der Waals surface area contributed by atoms with Gasteiger partial charge in [-0.25, -0.2) is 0 Å². The second-order valence-corrected chi connectivity index (χ2v) is 12.8. The van der Waals surface area contributed by atoms with Crippen molar-refractivity contribution in [2.75, 3.05) is 5.75 Å². The molecule has 240 valence electrons. The van der Waals surface area contributed by atoms with Crippen LogP contribution in [0.15, 0.2) is 47.4 Å². The maximum Gasteiger partial charge on any atom is 0.453 e. The molecule has 0 saturated carbocycles. The highest BCUT2D eigenvalue weighted by Crippen LogP contribution is 2.54. The number of hydrogen-bond donors (Lipinski definition) is 3. The van der Waals surface area contributed by atoms with E-state index >= 15 is 0 Å². The van der Waals surface area contributed by atoms with Gasteiger partial charge in [-0.15, -0.1) is 11.8 Å². The quantitative estimate of drug-likeness (QED) is 0.120. The molecule has 0 spiro atoms. The lowest BCUT2D eigenvalue weighted by Gasteiger charge is -2.45. The Morgan fingerprint density at radius 3 is 2.07 bits per heavy atom. The Labute approximate surface area is 255 Å². The number of unbranched alkanes of at least 4 members (excludes halogenated alkanes) is 6.